The highest BCUT2D eigenvalue weighted by Crippen LogP contribution is 2.16. The molecule has 66 valence electrons. The first-order chi connectivity index (χ1) is 5.59. The van der Waals surface area contributed by atoms with Crippen molar-refractivity contribution in [3.05, 3.63) is 34.1 Å². The molecule has 1 aromatic rings. The summed E-state index contributed by atoms with van der Waals surface area (Å²) in [5, 5.41) is 0. The summed E-state index contributed by atoms with van der Waals surface area (Å²) >= 11 is 7.32. The molecule has 0 heterocycles. The molecule has 4 heteroatoms. The van der Waals surface area contributed by atoms with Gasteiger partial charge in [0.2, 0.25) is 0 Å². The molecule has 0 fully saturated rings. The van der Waals surface area contributed by atoms with Gasteiger partial charge in [0.15, 0.2) is 0 Å². The number of hydrogen-bond acceptors (Lipinski definition) is 2. The monoisotopic (exact) mass is 249 g/mol. The predicted molar refractivity (Wildman–Crippen MR) is 54.6 cm³/mol. The second-order valence-corrected chi connectivity index (χ2v) is 4.15. The number of thiol groups is 1. The summed E-state index contributed by atoms with van der Waals surface area (Å²) in [7, 11) is 1.78. The maximum absolute atomic E-state index is 13.0. The van der Waals surface area contributed by atoms with Crippen molar-refractivity contribution in [2.75, 3.05) is 7.05 Å². The third-order valence-electron chi connectivity index (χ3n) is 1.41. The quantitative estimate of drug-likeness (QED) is 0.790. The number of nitrogens with zero attached hydrogens (tertiary/aromatic N) is 1. The summed E-state index contributed by atoms with van der Waals surface area (Å²) < 4.78 is 15.6. The highest BCUT2D eigenvalue weighted by Gasteiger charge is 2.03. The van der Waals surface area contributed by atoms with Crippen LogP contribution in [0.2, 0.25) is 0 Å². The summed E-state index contributed by atoms with van der Waals surface area (Å²) in [6.07, 6.45) is 0. The van der Waals surface area contributed by atoms with E-state index >= 15 is 0 Å². The highest BCUT2D eigenvalue weighted by molar-refractivity contribution is 9.10. The Bertz CT molecular complexity index is 278. The molecule has 0 aliphatic heterocycles. The van der Waals surface area contributed by atoms with E-state index in [0.717, 1.165) is 4.47 Å². The molecule has 0 radical (unpaired) electrons. The molecule has 1 nitrogen and oxygen atoms in total. The molecule has 0 spiro atoms. The lowest BCUT2D eigenvalue weighted by Crippen LogP contribution is -2.05. The van der Waals surface area contributed by atoms with E-state index in [1.807, 2.05) is 0 Å². The molecule has 1 aromatic carbocycles. The van der Waals surface area contributed by atoms with Crippen LogP contribution in [-0.2, 0) is 6.54 Å². The van der Waals surface area contributed by atoms with Crippen LogP contribution in [0, 0.1) is 5.82 Å². The van der Waals surface area contributed by atoms with E-state index in [0.29, 0.717) is 12.1 Å². The van der Waals surface area contributed by atoms with Crippen LogP contribution < -0.4 is 0 Å². The molecule has 0 saturated carbocycles. The van der Waals surface area contributed by atoms with Crippen LogP contribution in [0.25, 0.3) is 0 Å². The fourth-order valence-electron chi connectivity index (χ4n) is 0.911. The largest absolute Gasteiger partial charge is 0.252 e. The van der Waals surface area contributed by atoms with Crippen molar-refractivity contribution in [3.63, 3.8) is 0 Å². The van der Waals surface area contributed by atoms with Gasteiger partial charge >= 0.3 is 0 Å². The SMILES string of the molecule is CN(S)Cc1cc(Br)ccc1F. The number of halogens is 2. The van der Waals surface area contributed by atoms with Crippen molar-refractivity contribution >= 4 is 28.7 Å². The molecular formula is C8H9BrFNS. The average molecular weight is 250 g/mol. The van der Waals surface area contributed by atoms with E-state index in [1.54, 1.807) is 23.5 Å². The summed E-state index contributed by atoms with van der Waals surface area (Å²) in [6, 6.07) is 4.87. The molecule has 0 atom stereocenters. The van der Waals surface area contributed by atoms with Gasteiger partial charge in [-0.05, 0) is 25.2 Å². The summed E-state index contributed by atoms with van der Waals surface area (Å²) in [5.74, 6) is -0.195. The smallest absolute Gasteiger partial charge is 0.127 e. The molecule has 0 unspecified atom stereocenters. The Balaban J connectivity index is 2.90. The Morgan fingerprint density at radius 1 is 1.58 bits per heavy atom. The molecule has 0 bridgehead atoms. The van der Waals surface area contributed by atoms with E-state index in [1.165, 1.54) is 6.07 Å². The molecule has 0 N–H and O–H groups in total. The Morgan fingerprint density at radius 2 is 2.25 bits per heavy atom. The third kappa shape index (κ3) is 2.77. The highest BCUT2D eigenvalue weighted by atomic mass is 79.9. The second kappa shape index (κ2) is 4.25. The molecule has 0 aromatic heterocycles. The maximum atomic E-state index is 13.0. The van der Waals surface area contributed by atoms with E-state index < -0.39 is 0 Å². The van der Waals surface area contributed by atoms with E-state index in [-0.39, 0.29) is 5.82 Å². The molecule has 0 aliphatic rings. The molecule has 0 saturated heterocycles. The Kier molecular flexibility index (Phi) is 3.55. The Morgan fingerprint density at radius 3 is 2.83 bits per heavy atom. The fraction of sp³-hybridized carbons (Fsp3) is 0.250. The number of rotatable bonds is 2. The van der Waals surface area contributed by atoms with Crippen molar-refractivity contribution in [1.29, 1.82) is 0 Å². The molecule has 0 amide bonds. The summed E-state index contributed by atoms with van der Waals surface area (Å²) in [5.41, 5.74) is 0.641. The van der Waals surface area contributed by atoms with Gasteiger partial charge in [0.1, 0.15) is 5.82 Å². The lowest BCUT2D eigenvalue weighted by Gasteiger charge is -2.09. The average Bonchev–Trinajstić information content (AvgIpc) is 1.96. The van der Waals surface area contributed by atoms with Crippen molar-refractivity contribution in [2.45, 2.75) is 6.54 Å². The van der Waals surface area contributed by atoms with Crippen molar-refractivity contribution in [2.24, 2.45) is 0 Å². The topological polar surface area (TPSA) is 3.24 Å². The van der Waals surface area contributed by atoms with Crippen LogP contribution >= 0.6 is 28.7 Å². The summed E-state index contributed by atoms with van der Waals surface area (Å²) in [4.78, 5) is 0. The molecule has 0 aliphatic carbocycles. The zero-order chi connectivity index (χ0) is 9.14. The number of hydrogen-bond donors (Lipinski definition) is 1. The zero-order valence-corrected chi connectivity index (χ0v) is 9.07. The van der Waals surface area contributed by atoms with Crippen LogP contribution in [0.15, 0.2) is 22.7 Å². The van der Waals surface area contributed by atoms with E-state index in [9.17, 15) is 4.39 Å². The van der Waals surface area contributed by atoms with Gasteiger partial charge in [0, 0.05) is 16.6 Å². The minimum atomic E-state index is -0.195. The van der Waals surface area contributed by atoms with Gasteiger partial charge in [-0.25, -0.2) is 4.39 Å². The number of benzene rings is 1. The van der Waals surface area contributed by atoms with Crippen LogP contribution in [0.3, 0.4) is 0 Å². The van der Waals surface area contributed by atoms with Crippen LogP contribution in [0.1, 0.15) is 5.56 Å². The van der Waals surface area contributed by atoms with Gasteiger partial charge in [-0.15, -0.1) is 0 Å². The zero-order valence-electron chi connectivity index (χ0n) is 6.59. The van der Waals surface area contributed by atoms with Gasteiger partial charge < -0.3 is 0 Å². The molecular weight excluding hydrogens is 241 g/mol. The van der Waals surface area contributed by atoms with Gasteiger partial charge in [-0.3, -0.25) is 4.31 Å². The van der Waals surface area contributed by atoms with E-state index in [2.05, 4.69) is 28.7 Å². The first-order valence-corrected chi connectivity index (χ1v) is 4.63. The Hall–Kier alpha value is -0.0600. The predicted octanol–water partition coefficient (Wildman–Crippen LogP) is 2.86. The van der Waals surface area contributed by atoms with Gasteiger partial charge in [0.05, 0.1) is 0 Å². The molecule has 12 heavy (non-hydrogen) atoms. The van der Waals surface area contributed by atoms with E-state index in [4.69, 9.17) is 0 Å². The van der Waals surface area contributed by atoms with Gasteiger partial charge in [-0.1, -0.05) is 28.7 Å². The minimum Gasteiger partial charge on any atom is -0.252 e. The Labute approximate surface area is 85.2 Å². The van der Waals surface area contributed by atoms with Crippen LogP contribution in [0.5, 0.6) is 0 Å². The standard InChI is InChI=1S/C8H9BrFNS/c1-11(12)5-6-4-7(9)2-3-8(6)10/h2-4,12H,5H2,1H3. The first kappa shape index (κ1) is 10.0. The van der Waals surface area contributed by atoms with Crippen LogP contribution in [0.4, 0.5) is 4.39 Å². The molecule has 1 rings (SSSR count). The van der Waals surface area contributed by atoms with Gasteiger partial charge in [0.25, 0.3) is 0 Å². The van der Waals surface area contributed by atoms with Crippen molar-refractivity contribution in [3.8, 4) is 0 Å². The van der Waals surface area contributed by atoms with Crippen molar-refractivity contribution < 1.29 is 4.39 Å². The lowest BCUT2D eigenvalue weighted by atomic mass is 10.2. The normalized spacial score (nSPS) is 10.8. The van der Waals surface area contributed by atoms with Crippen molar-refractivity contribution in [1.82, 2.24) is 4.31 Å². The fourth-order valence-corrected chi connectivity index (χ4v) is 1.47. The minimum absolute atomic E-state index is 0.195. The lowest BCUT2D eigenvalue weighted by molar-refractivity contribution is 0.532. The van der Waals surface area contributed by atoms with Gasteiger partial charge in [-0.2, -0.15) is 0 Å². The second-order valence-electron chi connectivity index (χ2n) is 2.55. The summed E-state index contributed by atoms with van der Waals surface area (Å²) in [6.45, 7) is 0.494. The maximum Gasteiger partial charge on any atom is 0.127 e. The van der Waals surface area contributed by atoms with Crippen LogP contribution in [-0.4, -0.2) is 11.4 Å². The first-order valence-electron chi connectivity index (χ1n) is 3.43. The third-order valence-corrected chi connectivity index (χ3v) is 2.04.